The Labute approximate surface area is 80.1 Å². The maximum atomic E-state index is 8.49. The second kappa shape index (κ2) is 4.13. The van der Waals surface area contributed by atoms with Gasteiger partial charge in [0.2, 0.25) is 0 Å². The molecule has 0 saturated heterocycles. The molecule has 74 valence electrons. The minimum absolute atomic E-state index is 0.0906. The van der Waals surface area contributed by atoms with Crippen LogP contribution < -0.4 is 11.5 Å². The number of rotatable bonds is 2. The summed E-state index contributed by atoms with van der Waals surface area (Å²) >= 11 is 0. The molecule has 0 saturated carbocycles. The fraction of sp³-hybridized carbons (Fsp3) is 0. The molecule has 0 aliphatic rings. The Hall–Kier alpha value is -2.24. The van der Waals surface area contributed by atoms with Gasteiger partial charge in [-0.2, -0.15) is 0 Å². The first-order valence-corrected chi connectivity index (χ1v) is 3.75. The lowest BCUT2D eigenvalue weighted by atomic mass is 10.1. The minimum atomic E-state index is -0.0906. The van der Waals surface area contributed by atoms with Gasteiger partial charge in [-0.05, 0) is 0 Å². The highest BCUT2D eigenvalue weighted by molar-refractivity contribution is 6.09. The van der Waals surface area contributed by atoms with Crippen molar-refractivity contribution in [2.24, 2.45) is 21.8 Å². The van der Waals surface area contributed by atoms with Crippen LogP contribution in [0.15, 0.2) is 34.6 Å². The third kappa shape index (κ3) is 1.74. The van der Waals surface area contributed by atoms with Gasteiger partial charge < -0.3 is 21.9 Å². The topological polar surface area (TPSA) is 117 Å². The second-order valence-corrected chi connectivity index (χ2v) is 2.52. The van der Waals surface area contributed by atoms with E-state index >= 15 is 0 Å². The molecular formula is C8H10N4O2. The first-order chi connectivity index (χ1) is 6.70. The van der Waals surface area contributed by atoms with E-state index in [4.69, 9.17) is 21.9 Å². The van der Waals surface area contributed by atoms with Crippen LogP contribution in [0.4, 0.5) is 0 Å². The summed E-state index contributed by atoms with van der Waals surface area (Å²) in [5, 5.41) is 22.7. The van der Waals surface area contributed by atoms with Crippen molar-refractivity contribution in [2.75, 3.05) is 0 Å². The summed E-state index contributed by atoms with van der Waals surface area (Å²) in [4.78, 5) is 0. The highest BCUT2D eigenvalue weighted by Gasteiger charge is 2.09. The molecule has 0 bridgehead atoms. The predicted octanol–water partition coefficient (Wildman–Crippen LogP) is -0.124. The van der Waals surface area contributed by atoms with Crippen LogP contribution in [0.2, 0.25) is 0 Å². The molecule has 0 radical (unpaired) electrons. The van der Waals surface area contributed by atoms with Crippen LogP contribution in [-0.4, -0.2) is 22.1 Å². The summed E-state index contributed by atoms with van der Waals surface area (Å²) in [6.07, 6.45) is 0. The zero-order valence-corrected chi connectivity index (χ0v) is 7.25. The van der Waals surface area contributed by atoms with E-state index in [0.29, 0.717) is 11.1 Å². The first kappa shape index (κ1) is 9.85. The molecule has 1 aromatic carbocycles. The zero-order chi connectivity index (χ0) is 10.6. The first-order valence-electron chi connectivity index (χ1n) is 3.75. The molecule has 6 nitrogen and oxygen atoms in total. The predicted molar refractivity (Wildman–Crippen MR) is 51.5 cm³/mol. The summed E-state index contributed by atoms with van der Waals surface area (Å²) in [7, 11) is 0. The van der Waals surface area contributed by atoms with Crippen LogP contribution in [0.25, 0.3) is 0 Å². The van der Waals surface area contributed by atoms with Crippen LogP contribution in [-0.2, 0) is 0 Å². The van der Waals surface area contributed by atoms with Gasteiger partial charge in [0.25, 0.3) is 0 Å². The van der Waals surface area contributed by atoms with Crippen molar-refractivity contribution in [3.8, 4) is 0 Å². The van der Waals surface area contributed by atoms with Crippen molar-refractivity contribution in [2.45, 2.75) is 0 Å². The number of oxime groups is 2. The van der Waals surface area contributed by atoms with Crippen molar-refractivity contribution >= 4 is 11.7 Å². The van der Waals surface area contributed by atoms with Crippen molar-refractivity contribution in [3.05, 3.63) is 35.4 Å². The van der Waals surface area contributed by atoms with Crippen molar-refractivity contribution in [1.29, 1.82) is 0 Å². The van der Waals surface area contributed by atoms with Gasteiger partial charge >= 0.3 is 0 Å². The van der Waals surface area contributed by atoms with E-state index < -0.39 is 0 Å². The Kier molecular flexibility index (Phi) is 2.90. The Morgan fingerprint density at radius 3 is 1.57 bits per heavy atom. The van der Waals surface area contributed by atoms with E-state index in [0.717, 1.165) is 0 Å². The van der Waals surface area contributed by atoms with Crippen molar-refractivity contribution in [1.82, 2.24) is 0 Å². The molecule has 0 aromatic heterocycles. The molecule has 6 N–H and O–H groups in total. The minimum Gasteiger partial charge on any atom is -0.409 e. The summed E-state index contributed by atoms with van der Waals surface area (Å²) in [5.74, 6) is -0.181. The smallest absolute Gasteiger partial charge is 0.170 e. The quantitative estimate of drug-likeness (QED) is 0.227. The molecule has 6 heteroatoms. The van der Waals surface area contributed by atoms with Crippen LogP contribution in [0.3, 0.4) is 0 Å². The lowest BCUT2D eigenvalue weighted by Gasteiger charge is -2.05. The number of hydrogen-bond acceptors (Lipinski definition) is 4. The van der Waals surface area contributed by atoms with E-state index in [2.05, 4.69) is 10.3 Å². The molecule has 14 heavy (non-hydrogen) atoms. The fourth-order valence-corrected chi connectivity index (χ4v) is 1.04. The Bertz CT molecular complexity index is 350. The van der Waals surface area contributed by atoms with E-state index in [1.165, 1.54) is 0 Å². The van der Waals surface area contributed by atoms with Crippen LogP contribution >= 0.6 is 0 Å². The second-order valence-electron chi connectivity index (χ2n) is 2.52. The Balaban J connectivity index is 3.30. The van der Waals surface area contributed by atoms with Crippen LogP contribution in [0.1, 0.15) is 11.1 Å². The van der Waals surface area contributed by atoms with Gasteiger partial charge in [-0.25, -0.2) is 0 Å². The fourth-order valence-electron chi connectivity index (χ4n) is 1.04. The highest BCUT2D eigenvalue weighted by atomic mass is 16.4. The molecular weight excluding hydrogens is 184 g/mol. The lowest BCUT2D eigenvalue weighted by Crippen LogP contribution is -2.22. The van der Waals surface area contributed by atoms with Crippen LogP contribution in [0, 0.1) is 0 Å². The third-order valence-electron chi connectivity index (χ3n) is 1.69. The van der Waals surface area contributed by atoms with Crippen molar-refractivity contribution < 1.29 is 10.4 Å². The monoisotopic (exact) mass is 194 g/mol. The maximum absolute atomic E-state index is 8.49. The number of nitrogens with zero attached hydrogens (tertiary/aromatic N) is 2. The number of nitrogens with two attached hydrogens (primary N) is 2. The number of benzene rings is 1. The van der Waals surface area contributed by atoms with Crippen molar-refractivity contribution in [3.63, 3.8) is 0 Å². The summed E-state index contributed by atoms with van der Waals surface area (Å²) in [6, 6.07) is 6.59. The zero-order valence-electron chi connectivity index (χ0n) is 7.25. The summed E-state index contributed by atoms with van der Waals surface area (Å²) in [6.45, 7) is 0. The van der Waals surface area contributed by atoms with Gasteiger partial charge in [-0.3, -0.25) is 0 Å². The molecule has 0 atom stereocenters. The number of hydrogen-bond donors (Lipinski definition) is 4. The molecule has 1 aromatic rings. The average molecular weight is 194 g/mol. The molecule has 0 aliphatic carbocycles. The SMILES string of the molecule is NC(=NO)c1ccccc1C(N)=NO. The Morgan fingerprint density at radius 1 is 0.929 bits per heavy atom. The van der Waals surface area contributed by atoms with Gasteiger partial charge in [0.1, 0.15) is 0 Å². The van der Waals surface area contributed by atoms with Gasteiger partial charge in [0.05, 0.1) is 0 Å². The molecule has 0 fully saturated rings. The molecule has 0 aliphatic heterocycles. The maximum Gasteiger partial charge on any atom is 0.170 e. The largest absolute Gasteiger partial charge is 0.409 e. The molecule has 0 unspecified atom stereocenters. The van der Waals surface area contributed by atoms with Gasteiger partial charge in [0, 0.05) is 11.1 Å². The molecule has 1 rings (SSSR count). The molecule has 0 spiro atoms. The third-order valence-corrected chi connectivity index (χ3v) is 1.69. The van der Waals surface area contributed by atoms with Gasteiger partial charge in [-0.1, -0.05) is 34.6 Å². The normalized spacial score (nSPS) is 12.9. The van der Waals surface area contributed by atoms with Crippen LogP contribution in [0.5, 0.6) is 0 Å². The number of amidine groups is 2. The van der Waals surface area contributed by atoms with E-state index in [1.807, 2.05) is 0 Å². The standard InChI is InChI=1S/C8H10N4O2/c9-7(11-13)5-3-1-2-4-6(5)8(10)12-14/h1-4,13-14H,(H2,9,11)(H2,10,12). The van der Waals surface area contributed by atoms with Gasteiger partial charge in [-0.15, -0.1) is 0 Å². The summed E-state index contributed by atoms with van der Waals surface area (Å²) < 4.78 is 0. The summed E-state index contributed by atoms with van der Waals surface area (Å²) in [5.41, 5.74) is 11.6. The van der Waals surface area contributed by atoms with E-state index in [1.54, 1.807) is 24.3 Å². The highest BCUT2D eigenvalue weighted by Crippen LogP contribution is 2.07. The van der Waals surface area contributed by atoms with Gasteiger partial charge in [0.15, 0.2) is 11.7 Å². The Morgan fingerprint density at radius 2 is 1.29 bits per heavy atom. The van der Waals surface area contributed by atoms with E-state index in [-0.39, 0.29) is 11.7 Å². The molecule has 0 amide bonds. The average Bonchev–Trinajstić information content (AvgIpc) is 2.27. The lowest BCUT2D eigenvalue weighted by molar-refractivity contribution is 0.317. The van der Waals surface area contributed by atoms with E-state index in [9.17, 15) is 0 Å². The molecule has 0 heterocycles.